The van der Waals surface area contributed by atoms with Crippen LogP contribution in [0.3, 0.4) is 0 Å². The van der Waals surface area contributed by atoms with E-state index >= 15 is 0 Å². The van der Waals surface area contributed by atoms with Crippen molar-refractivity contribution in [3.05, 3.63) is 33.8 Å². The number of carbonyl (C=O) groups excluding carboxylic acids is 1. The van der Waals surface area contributed by atoms with Crippen LogP contribution in [-0.2, 0) is 10.4 Å². The molecule has 0 heterocycles. The molecular formula is C12H15Cl2NO2. The molecule has 1 amide bonds. The Balaban J connectivity index is 3.13. The Morgan fingerprint density at radius 1 is 1.41 bits per heavy atom. The second-order valence-electron chi connectivity index (χ2n) is 3.96. The Morgan fingerprint density at radius 3 is 2.53 bits per heavy atom. The third-order valence-corrected chi connectivity index (χ3v) is 3.44. The molecule has 1 aromatic carbocycles. The average Bonchev–Trinajstić information content (AvgIpc) is 2.29. The summed E-state index contributed by atoms with van der Waals surface area (Å²) in [5, 5.41) is 11.0. The number of amides is 1. The third kappa shape index (κ3) is 3.12. The average molecular weight is 276 g/mol. The highest BCUT2D eigenvalue weighted by Crippen LogP contribution is 2.31. The van der Waals surface area contributed by atoms with Gasteiger partial charge in [0, 0.05) is 0 Å². The van der Waals surface area contributed by atoms with Gasteiger partial charge in [-0.1, -0.05) is 42.6 Å². The van der Waals surface area contributed by atoms with E-state index in [9.17, 15) is 9.90 Å². The molecule has 0 fully saturated rings. The number of carbonyl (C=O) groups is 1. The summed E-state index contributed by atoms with van der Waals surface area (Å²) in [6, 6.07) is 4.58. The Morgan fingerprint density at radius 2 is 2.06 bits per heavy atom. The van der Waals surface area contributed by atoms with Crippen molar-refractivity contribution in [3.8, 4) is 0 Å². The maximum absolute atomic E-state index is 11.4. The standard InChI is InChI=1S/C12H15Cl2NO2/c1-2-3-6-12(17,11(15)16)8-4-5-9(13)10(14)7-8/h4-5,7,17H,2-3,6H2,1H3,(H2,15,16). The minimum atomic E-state index is -1.68. The lowest BCUT2D eigenvalue weighted by atomic mass is 9.88. The van der Waals surface area contributed by atoms with Crippen LogP contribution in [0.15, 0.2) is 18.2 Å². The number of benzene rings is 1. The van der Waals surface area contributed by atoms with Crippen molar-refractivity contribution in [2.75, 3.05) is 0 Å². The summed E-state index contributed by atoms with van der Waals surface area (Å²) in [6.07, 6.45) is 1.83. The molecule has 0 bridgehead atoms. The molecule has 17 heavy (non-hydrogen) atoms. The van der Waals surface area contributed by atoms with Gasteiger partial charge in [-0.15, -0.1) is 0 Å². The van der Waals surface area contributed by atoms with E-state index in [1.165, 1.54) is 6.07 Å². The zero-order valence-electron chi connectivity index (χ0n) is 9.54. The van der Waals surface area contributed by atoms with Crippen LogP contribution in [-0.4, -0.2) is 11.0 Å². The molecule has 1 unspecified atom stereocenters. The number of halogens is 2. The molecule has 0 saturated heterocycles. The second-order valence-corrected chi connectivity index (χ2v) is 4.77. The molecule has 1 atom stereocenters. The summed E-state index contributed by atoms with van der Waals surface area (Å²) in [6.45, 7) is 1.97. The lowest BCUT2D eigenvalue weighted by Crippen LogP contribution is -2.41. The van der Waals surface area contributed by atoms with E-state index in [1.54, 1.807) is 12.1 Å². The summed E-state index contributed by atoms with van der Waals surface area (Å²) >= 11 is 11.6. The van der Waals surface area contributed by atoms with E-state index in [0.29, 0.717) is 22.0 Å². The predicted molar refractivity (Wildman–Crippen MR) is 69.1 cm³/mol. The van der Waals surface area contributed by atoms with Crippen molar-refractivity contribution in [3.63, 3.8) is 0 Å². The normalized spacial score (nSPS) is 14.4. The van der Waals surface area contributed by atoms with Gasteiger partial charge in [0.05, 0.1) is 10.0 Å². The monoisotopic (exact) mass is 275 g/mol. The molecule has 3 N–H and O–H groups in total. The predicted octanol–water partition coefficient (Wildman–Crippen LogP) is 2.86. The molecule has 0 radical (unpaired) electrons. The van der Waals surface area contributed by atoms with Gasteiger partial charge in [0.2, 0.25) is 0 Å². The summed E-state index contributed by atoms with van der Waals surface area (Å²) in [5.41, 5.74) is 3.97. The summed E-state index contributed by atoms with van der Waals surface area (Å²) in [4.78, 5) is 11.4. The maximum Gasteiger partial charge on any atom is 0.254 e. The van der Waals surface area contributed by atoms with Gasteiger partial charge in [-0.05, 0) is 30.5 Å². The summed E-state index contributed by atoms with van der Waals surface area (Å²) in [7, 11) is 0. The van der Waals surface area contributed by atoms with Gasteiger partial charge < -0.3 is 10.8 Å². The minimum Gasteiger partial charge on any atom is -0.375 e. The molecule has 3 nitrogen and oxygen atoms in total. The highest BCUT2D eigenvalue weighted by Gasteiger charge is 2.35. The van der Waals surface area contributed by atoms with E-state index < -0.39 is 11.5 Å². The fourth-order valence-electron chi connectivity index (χ4n) is 1.60. The van der Waals surface area contributed by atoms with Gasteiger partial charge in [-0.25, -0.2) is 0 Å². The third-order valence-electron chi connectivity index (χ3n) is 2.70. The van der Waals surface area contributed by atoms with Crippen molar-refractivity contribution in [1.82, 2.24) is 0 Å². The zero-order valence-corrected chi connectivity index (χ0v) is 11.1. The van der Waals surface area contributed by atoms with Crippen molar-refractivity contribution < 1.29 is 9.90 Å². The highest BCUT2D eigenvalue weighted by molar-refractivity contribution is 6.42. The van der Waals surface area contributed by atoms with Crippen LogP contribution >= 0.6 is 23.2 Å². The zero-order chi connectivity index (χ0) is 13.1. The molecule has 0 aliphatic carbocycles. The van der Waals surface area contributed by atoms with Crippen LogP contribution in [0, 0.1) is 0 Å². The first kappa shape index (κ1) is 14.3. The Bertz CT molecular complexity index is 423. The maximum atomic E-state index is 11.4. The lowest BCUT2D eigenvalue weighted by molar-refractivity contribution is -0.138. The van der Waals surface area contributed by atoms with Gasteiger partial charge in [-0.3, -0.25) is 4.79 Å². The molecule has 1 rings (SSSR count). The highest BCUT2D eigenvalue weighted by atomic mass is 35.5. The smallest absolute Gasteiger partial charge is 0.254 e. The number of primary amides is 1. The van der Waals surface area contributed by atoms with E-state index in [0.717, 1.165) is 6.42 Å². The largest absolute Gasteiger partial charge is 0.375 e. The number of rotatable bonds is 5. The van der Waals surface area contributed by atoms with Crippen LogP contribution < -0.4 is 5.73 Å². The molecule has 0 saturated carbocycles. The van der Waals surface area contributed by atoms with Gasteiger partial charge >= 0.3 is 0 Å². The van der Waals surface area contributed by atoms with Gasteiger partial charge in [0.1, 0.15) is 0 Å². The minimum absolute atomic E-state index is 0.275. The van der Waals surface area contributed by atoms with E-state index in [2.05, 4.69) is 0 Å². The fourth-order valence-corrected chi connectivity index (χ4v) is 1.89. The fraction of sp³-hybridized carbons (Fsp3) is 0.417. The van der Waals surface area contributed by atoms with Gasteiger partial charge in [0.25, 0.3) is 5.91 Å². The first-order valence-electron chi connectivity index (χ1n) is 5.39. The summed E-state index contributed by atoms with van der Waals surface area (Å²) < 4.78 is 0. The topological polar surface area (TPSA) is 63.3 Å². The van der Waals surface area contributed by atoms with Crippen LogP contribution in [0.5, 0.6) is 0 Å². The molecule has 0 aliphatic heterocycles. The molecule has 0 aliphatic rings. The van der Waals surface area contributed by atoms with Crippen LogP contribution in [0.2, 0.25) is 10.0 Å². The molecule has 5 heteroatoms. The van der Waals surface area contributed by atoms with Crippen molar-refractivity contribution >= 4 is 29.1 Å². The first-order chi connectivity index (χ1) is 7.91. The van der Waals surface area contributed by atoms with E-state index in [-0.39, 0.29) is 6.42 Å². The molecule has 1 aromatic rings. The van der Waals surface area contributed by atoms with Crippen molar-refractivity contribution in [1.29, 1.82) is 0 Å². The van der Waals surface area contributed by atoms with Crippen LogP contribution in [0.1, 0.15) is 31.7 Å². The summed E-state index contributed by atoms with van der Waals surface area (Å²) in [5.74, 6) is -0.774. The van der Waals surface area contributed by atoms with Crippen molar-refractivity contribution in [2.24, 2.45) is 5.73 Å². The Kier molecular flexibility index (Phi) is 4.80. The first-order valence-corrected chi connectivity index (χ1v) is 6.15. The number of hydrogen-bond acceptors (Lipinski definition) is 2. The molecular weight excluding hydrogens is 261 g/mol. The van der Waals surface area contributed by atoms with Crippen LogP contribution in [0.25, 0.3) is 0 Å². The molecule has 0 spiro atoms. The quantitative estimate of drug-likeness (QED) is 0.868. The van der Waals surface area contributed by atoms with Gasteiger partial charge in [-0.2, -0.15) is 0 Å². The SMILES string of the molecule is CCCCC(O)(C(N)=O)c1ccc(Cl)c(Cl)c1. The van der Waals surface area contributed by atoms with Crippen LogP contribution in [0.4, 0.5) is 0 Å². The number of unbranched alkanes of at least 4 members (excludes halogenated alkanes) is 1. The molecule has 94 valence electrons. The Labute approximate surface area is 111 Å². The lowest BCUT2D eigenvalue weighted by Gasteiger charge is -2.25. The van der Waals surface area contributed by atoms with E-state index in [1.807, 2.05) is 6.92 Å². The van der Waals surface area contributed by atoms with E-state index in [4.69, 9.17) is 28.9 Å². The number of aliphatic hydroxyl groups is 1. The van der Waals surface area contributed by atoms with Gasteiger partial charge in [0.15, 0.2) is 5.60 Å². The second kappa shape index (κ2) is 5.71. The van der Waals surface area contributed by atoms with Crippen molar-refractivity contribution in [2.45, 2.75) is 31.8 Å². The molecule has 0 aromatic heterocycles. The number of nitrogens with two attached hydrogens (primary N) is 1. The number of hydrogen-bond donors (Lipinski definition) is 2. The Hall–Kier alpha value is -0.770.